The summed E-state index contributed by atoms with van der Waals surface area (Å²) < 4.78 is 2.11. The molecule has 0 spiro atoms. The molecule has 0 atom stereocenters. The van der Waals surface area contributed by atoms with Crippen molar-refractivity contribution in [3.63, 3.8) is 0 Å². The Hall–Kier alpha value is -3.98. The van der Waals surface area contributed by atoms with E-state index in [1.165, 1.54) is 12.8 Å². The zero-order chi connectivity index (χ0) is 24.5. The average molecular weight is 481 g/mol. The molecule has 2 aliphatic rings. The molecule has 9 heteroatoms. The van der Waals surface area contributed by atoms with E-state index in [0.29, 0.717) is 35.0 Å². The third-order valence-corrected chi connectivity index (χ3v) is 6.98. The predicted molar refractivity (Wildman–Crippen MR) is 136 cm³/mol. The van der Waals surface area contributed by atoms with Gasteiger partial charge in [0.25, 0.3) is 5.91 Å². The molecule has 1 aliphatic carbocycles. The van der Waals surface area contributed by atoms with Crippen molar-refractivity contribution in [2.24, 2.45) is 0 Å². The SMILES string of the molecule is CN1CCC(n2cnnc2-c2cccc(NC(=O)c3cc(-c4ccc(C5CC5)nc4)ccn3)n2)CC1. The normalized spacial score (nSPS) is 16.7. The molecule has 0 bridgehead atoms. The van der Waals surface area contributed by atoms with E-state index in [9.17, 15) is 4.79 Å². The molecule has 1 saturated heterocycles. The van der Waals surface area contributed by atoms with Gasteiger partial charge in [0.2, 0.25) is 0 Å². The highest BCUT2D eigenvalue weighted by Crippen LogP contribution is 2.39. The van der Waals surface area contributed by atoms with Crippen LogP contribution in [0.4, 0.5) is 5.82 Å². The Morgan fingerprint density at radius 2 is 1.86 bits per heavy atom. The first kappa shape index (κ1) is 22.5. The lowest BCUT2D eigenvalue weighted by molar-refractivity contribution is 0.102. The van der Waals surface area contributed by atoms with Gasteiger partial charge < -0.3 is 14.8 Å². The fourth-order valence-corrected chi connectivity index (χ4v) is 4.71. The fraction of sp³-hybridized carbons (Fsp3) is 0.333. The average Bonchev–Trinajstić information content (AvgIpc) is 3.66. The summed E-state index contributed by atoms with van der Waals surface area (Å²) in [5.74, 6) is 1.45. The topological polar surface area (TPSA) is 102 Å². The largest absolute Gasteiger partial charge is 0.309 e. The summed E-state index contributed by atoms with van der Waals surface area (Å²) in [6.07, 6.45) is 9.82. The number of piperidine rings is 1. The Balaban J connectivity index is 1.19. The number of amides is 1. The summed E-state index contributed by atoms with van der Waals surface area (Å²) in [6, 6.07) is 13.7. The number of hydrogen-bond acceptors (Lipinski definition) is 7. The van der Waals surface area contributed by atoms with Crippen molar-refractivity contribution in [1.82, 2.24) is 34.6 Å². The maximum atomic E-state index is 13.0. The van der Waals surface area contributed by atoms with Gasteiger partial charge in [0, 0.05) is 35.6 Å². The highest BCUT2D eigenvalue weighted by molar-refractivity contribution is 6.03. The third-order valence-electron chi connectivity index (χ3n) is 6.98. The highest BCUT2D eigenvalue weighted by Gasteiger charge is 2.25. The number of nitrogens with zero attached hydrogens (tertiary/aromatic N) is 7. The molecule has 182 valence electrons. The number of carbonyl (C=O) groups excluding carboxylic acids is 1. The summed E-state index contributed by atoms with van der Waals surface area (Å²) in [5, 5.41) is 11.4. The molecule has 6 rings (SSSR count). The summed E-state index contributed by atoms with van der Waals surface area (Å²) in [6.45, 7) is 2.08. The van der Waals surface area contributed by atoms with Crippen LogP contribution < -0.4 is 5.32 Å². The number of likely N-dealkylation sites (tertiary alicyclic amines) is 1. The first-order chi connectivity index (χ1) is 17.6. The molecule has 9 nitrogen and oxygen atoms in total. The number of anilines is 1. The van der Waals surface area contributed by atoms with Crippen LogP contribution in [0, 0.1) is 0 Å². The van der Waals surface area contributed by atoms with Gasteiger partial charge in [-0.3, -0.25) is 14.8 Å². The minimum absolute atomic E-state index is 0.319. The lowest BCUT2D eigenvalue weighted by Gasteiger charge is -2.30. The Bertz CT molecular complexity index is 1370. The highest BCUT2D eigenvalue weighted by atomic mass is 16.1. The predicted octanol–water partition coefficient (Wildman–Crippen LogP) is 4.19. The van der Waals surface area contributed by atoms with Gasteiger partial charge in [-0.15, -0.1) is 10.2 Å². The Kier molecular flexibility index (Phi) is 5.98. The van der Waals surface area contributed by atoms with Crippen molar-refractivity contribution < 1.29 is 4.79 Å². The minimum Gasteiger partial charge on any atom is -0.309 e. The lowest BCUT2D eigenvalue weighted by atomic mass is 10.1. The number of pyridine rings is 3. The minimum atomic E-state index is -0.319. The molecule has 4 aromatic heterocycles. The van der Waals surface area contributed by atoms with Crippen LogP contribution in [0.15, 0.2) is 61.2 Å². The van der Waals surface area contributed by atoms with Crippen LogP contribution in [0.2, 0.25) is 0 Å². The van der Waals surface area contributed by atoms with Crippen molar-refractivity contribution in [3.8, 4) is 22.6 Å². The number of aromatic nitrogens is 6. The zero-order valence-corrected chi connectivity index (χ0v) is 20.2. The molecule has 1 aliphatic heterocycles. The van der Waals surface area contributed by atoms with E-state index >= 15 is 0 Å². The molecule has 36 heavy (non-hydrogen) atoms. The summed E-state index contributed by atoms with van der Waals surface area (Å²) >= 11 is 0. The first-order valence-corrected chi connectivity index (χ1v) is 12.4. The van der Waals surface area contributed by atoms with E-state index in [-0.39, 0.29) is 5.91 Å². The molecule has 1 saturated carbocycles. The number of rotatable bonds is 6. The monoisotopic (exact) mass is 480 g/mol. The van der Waals surface area contributed by atoms with Crippen molar-refractivity contribution in [2.75, 3.05) is 25.5 Å². The van der Waals surface area contributed by atoms with Crippen LogP contribution in [0.3, 0.4) is 0 Å². The molecule has 0 radical (unpaired) electrons. The van der Waals surface area contributed by atoms with Gasteiger partial charge in [-0.25, -0.2) is 4.98 Å². The molecule has 2 fully saturated rings. The van der Waals surface area contributed by atoms with Crippen LogP contribution >= 0.6 is 0 Å². The lowest BCUT2D eigenvalue weighted by Crippen LogP contribution is -2.31. The molecular formula is C27H28N8O. The van der Waals surface area contributed by atoms with E-state index in [2.05, 4.69) is 59.1 Å². The molecule has 4 aromatic rings. The van der Waals surface area contributed by atoms with Crippen LogP contribution in [0.5, 0.6) is 0 Å². The van der Waals surface area contributed by atoms with Gasteiger partial charge in [-0.2, -0.15) is 0 Å². The van der Waals surface area contributed by atoms with E-state index in [4.69, 9.17) is 0 Å². The van der Waals surface area contributed by atoms with Crippen molar-refractivity contribution in [1.29, 1.82) is 0 Å². The molecule has 0 aromatic carbocycles. The standard InChI is InChI=1S/C27H28N8O/c1-34-13-10-21(11-14-34)35-17-30-33-26(35)23-3-2-4-25(31-23)32-27(36)24-15-19(9-12-28-24)20-7-8-22(29-16-20)18-5-6-18/h2-4,7-9,12,15-18,21H,5-6,10-11,13-14H2,1H3,(H,31,32,36). The van der Waals surface area contributed by atoms with E-state index < -0.39 is 0 Å². The van der Waals surface area contributed by atoms with E-state index in [1.54, 1.807) is 24.7 Å². The maximum Gasteiger partial charge on any atom is 0.275 e. The smallest absolute Gasteiger partial charge is 0.275 e. The van der Waals surface area contributed by atoms with Crippen molar-refractivity contribution >= 4 is 11.7 Å². The molecule has 1 amide bonds. The van der Waals surface area contributed by atoms with Gasteiger partial charge in [-0.1, -0.05) is 12.1 Å². The first-order valence-electron chi connectivity index (χ1n) is 12.4. The van der Waals surface area contributed by atoms with E-state index in [0.717, 1.165) is 42.8 Å². The van der Waals surface area contributed by atoms with Crippen LogP contribution in [-0.2, 0) is 0 Å². The summed E-state index contributed by atoms with van der Waals surface area (Å²) in [7, 11) is 2.14. The zero-order valence-electron chi connectivity index (χ0n) is 20.2. The Morgan fingerprint density at radius 1 is 1.00 bits per heavy atom. The fourth-order valence-electron chi connectivity index (χ4n) is 4.71. The Morgan fingerprint density at radius 3 is 2.64 bits per heavy atom. The van der Waals surface area contributed by atoms with Gasteiger partial charge >= 0.3 is 0 Å². The van der Waals surface area contributed by atoms with Crippen molar-refractivity contribution in [3.05, 3.63) is 72.6 Å². The second kappa shape index (κ2) is 9.58. The second-order valence-corrected chi connectivity index (χ2v) is 9.63. The third kappa shape index (κ3) is 4.74. The Labute approximate surface area is 209 Å². The molecule has 5 heterocycles. The van der Waals surface area contributed by atoms with E-state index in [1.807, 2.05) is 24.4 Å². The van der Waals surface area contributed by atoms with Crippen molar-refractivity contribution in [2.45, 2.75) is 37.6 Å². The maximum absolute atomic E-state index is 13.0. The summed E-state index contributed by atoms with van der Waals surface area (Å²) in [4.78, 5) is 28.9. The molecular weight excluding hydrogens is 452 g/mol. The number of carbonyl (C=O) groups is 1. The van der Waals surface area contributed by atoms with Crippen LogP contribution in [-0.4, -0.2) is 60.7 Å². The second-order valence-electron chi connectivity index (χ2n) is 9.63. The van der Waals surface area contributed by atoms with Gasteiger partial charge in [-0.05, 0) is 81.7 Å². The number of hydrogen-bond donors (Lipinski definition) is 1. The molecule has 1 N–H and O–H groups in total. The van der Waals surface area contributed by atoms with Gasteiger partial charge in [0.05, 0.1) is 0 Å². The quantitative estimate of drug-likeness (QED) is 0.441. The summed E-state index contributed by atoms with van der Waals surface area (Å²) in [5.41, 5.74) is 4.00. The number of nitrogens with one attached hydrogen (secondary N) is 1. The van der Waals surface area contributed by atoms with Gasteiger partial charge in [0.15, 0.2) is 5.82 Å². The van der Waals surface area contributed by atoms with Crippen LogP contribution in [0.25, 0.3) is 22.6 Å². The van der Waals surface area contributed by atoms with Gasteiger partial charge in [0.1, 0.15) is 23.5 Å². The molecule has 0 unspecified atom stereocenters. The van der Waals surface area contributed by atoms with Crippen LogP contribution in [0.1, 0.15) is 53.8 Å².